The number of halogens is 1. The van der Waals surface area contributed by atoms with Crippen molar-refractivity contribution in [1.82, 2.24) is 0 Å². The van der Waals surface area contributed by atoms with Gasteiger partial charge in [-0.3, -0.25) is 0 Å². The number of hydrogen-bond acceptors (Lipinski definition) is 3. The predicted octanol–water partition coefficient (Wildman–Crippen LogP) is 6.78. The monoisotopic (exact) mass is 396 g/mol. The minimum Gasteiger partial charge on any atom is -0.422 e. The van der Waals surface area contributed by atoms with Crippen molar-refractivity contribution in [1.29, 1.82) is 0 Å². The van der Waals surface area contributed by atoms with Crippen LogP contribution in [0.2, 0.25) is 5.02 Å². The number of thioether (sulfide) groups is 1. The summed E-state index contributed by atoms with van der Waals surface area (Å²) in [5, 5.41) is 0.737. The van der Waals surface area contributed by atoms with Gasteiger partial charge in [0.2, 0.25) is 0 Å². The average Bonchev–Trinajstić information content (AvgIpc) is 2.68. The molecule has 0 radical (unpaired) electrons. The number of ether oxygens (including phenoxy) is 1. The van der Waals surface area contributed by atoms with Crippen LogP contribution in [-0.4, -0.2) is 5.97 Å². The Labute approximate surface area is 169 Å². The molecular formula is C23H21ClO2S. The van der Waals surface area contributed by atoms with Gasteiger partial charge in [-0.1, -0.05) is 35.9 Å². The Hall–Kier alpha value is -2.23. The lowest BCUT2D eigenvalue weighted by Gasteiger charge is -2.12. The minimum absolute atomic E-state index is 0.330. The molecule has 0 aliphatic rings. The highest BCUT2D eigenvalue weighted by Crippen LogP contribution is 2.27. The lowest BCUT2D eigenvalue weighted by atomic mass is 10.1. The normalized spacial score (nSPS) is 10.7. The molecule has 0 spiro atoms. The van der Waals surface area contributed by atoms with Gasteiger partial charge in [0.25, 0.3) is 0 Å². The first-order chi connectivity index (χ1) is 12.9. The molecule has 0 atom stereocenters. The molecule has 0 heterocycles. The van der Waals surface area contributed by atoms with Crippen molar-refractivity contribution in [3.63, 3.8) is 0 Å². The maximum absolute atomic E-state index is 12.5. The predicted molar refractivity (Wildman–Crippen MR) is 113 cm³/mol. The number of hydrogen-bond donors (Lipinski definition) is 0. The summed E-state index contributed by atoms with van der Waals surface area (Å²) < 4.78 is 5.67. The molecule has 2 nitrogen and oxygen atoms in total. The van der Waals surface area contributed by atoms with Crippen molar-refractivity contribution >= 4 is 29.3 Å². The Morgan fingerprint density at radius 1 is 0.889 bits per heavy atom. The fraction of sp³-hybridized carbons (Fsp3) is 0.174. The molecule has 0 fully saturated rings. The van der Waals surface area contributed by atoms with E-state index in [1.54, 1.807) is 11.8 Å². The zero-order valence-corrected chi connectivity index (χ0v) is 17.2. The van der Waals surface area contributed by atoms with E-state index in [2.05, 4.69) is 0 Å². The Bertz CT molecular complexity index is 947. The van der Waals surface area contributed by atoms with Crippen LogP contribution in [0.1, 0.15) is 32.6 Å². The van der Waals surface area contributed by atoms with Crippen molar-refractivity contribution in [2.24, 2.45) is 0 Å². The van der Waals surface area contributed by atoms with Gasteiger partial charge in [0.15, 0.2) is 0 Å². The van der Waals surface area contributed by atoms with Gasteiger partial charge in [-0.2, -0.15) is 0 Å². The summed E-state index contributed by atoms with van der Waals surface area (Å²) in [7, 11) is 0. The summed E-state index contributed by atoms with van der Waals surface area (Å²) in [6, 6.07) is 19.4. The Kier molecular flexibility index (Phi) is 6.25. The van der Waals surface area contributed by atoms with Crippen LogP contribution >= 0.6 is 23.4 Å². The average molecular weight is 397 g/mol. The molecule has 0 amide bonds. The lowest BCUT2D eigenvalue weighted by Crippen LogP contribution is -2.10. The van der Waals surface area contributed by atoms with Crippen LogP contribution in [0.4, 0.5) is 0 Å². The third-order valence-corrected chi connectivity index (χ3v) is 5.81. The SMILES string of the molecule is Cc1ccc(C)c(OC(=O)c2ccc(CSc3ccc(Cl)cc3)cc2)c1C. The van der Waals surface area contributed by atoms with E-state index < -0.39 is 0 Å². The molecule has 0 saturated heterocycles. The van der Waals surface area contributed by atoms with Gasteiger partial charge in [0, 0.05) is 15.7 Å². The van der Waals surface area contributed by atoms with Crippen molar-refractivity contribution in [2.45, 2.75) is 31.4 Å². The number of rotatable bonds is 5. The minimum atomic E-state index is -0.330. The van der Waals surface area contributed by atoms with Crippen LogP contribution in [0, 0.1) is 20.8 Å². The number of benzene rings is 3. The molecule has 0 bridgehead atoms. The molecular weight excluding hydrogens is 376 g/mol. The van der Waals surface area contributed by atoms with E-state index >= 15 is 0 Å². The van der Waals surface area contributed by atoms with E-state index in [1.165, 1.54) is 0 Å². The maximum atomic E-state index is 12.5. The van der Waals surface area contributed by atoms with E-state index in [9.17, 15) is 4.79 Å². The van der Waals surface area contributed by atoms with Gasteiger partial charge in [-0.25, -0.2) is 4.79 Å². The third kappa shape index (κ3) is 4.94. The van der Waals surface area contributed by atoms with Crippen molar-refractivity contribution in [3.05, 3.63) is 93.5 Å². The summed E-state index contributed by atoms with van der Waals surface area (Å²) in [5.41, 5.74) is 4.77. The Morgan fingerprint density at radius 3 is 2.19 bits per heavy atom. The molecule has 138 valence electrons. The summed E-state index contributed by atoms with van der Waals surface area (Å²) >= 11 is 7.64. The molecule has 3 aromatic rings. The van der Waals surface area contributed by atoms with E-state index in [0.717, 1.165) is 37.9 Å². The van der Waals surface area contributed by atoms with Crippen LogP contribution in [0.3, 0.4) is 0 Å². The second-order valence-electron chi connectivity index (χ2n) is 6.48. The number of carbonyl (C=O) groups excluding carboxylic acids is 1. The highest BCUT2D eigenvalue weighted by atomic mass is 35.5. The molecule has 4 heteroatoms. The summed E-state index contributed by atoms with van der Waals surface area (Å²) in [6.07, 6.45) is 0. The van der Waals surface area contributed by atoms with Crippen molar-refractivity contribution in [3.8, 4) is 5.75 Å². The zero-order valence-electron chi connectivity index (χ0n) is 15.6. The van der Waals surface area contributed by atoms with Gasteiger partial charge in [-0.15, -0.1) is 11.8 Å². The van der Waals surface area contributed by atoms with E-state index in [1.807, 2.05) is 81.4 Å². The first kappa shape index (κ1) is 19.5. The molecule has 0 unspecified atom stereocenters. The molecule has 0 aliphatic heterocycles. The van der Waals surface area contributed by atoms with Crippen LogP contribution in [0.15, 0.2) is 65.6 Å². The van der Waals surface area contributed by atoms with Crippen molar-refractivity contribution < 1.29 is 9.53 Å². The van der Waals surface area contributed by atoms with Gasteiger partial charge in [0.1, 0.15) is 5.75 Å². The van der Waals surface area contributed by atoms with Gasteiger partial charge in [-0.05, 0) is 79.4 Å². The Morgan fingerprint density at radius 2 is 1.52 bits per heavy atom. The molecule has 3 rings (SSSR count). The maximum Gasteiger partial charge on any atom is 0.343 e. The lowest BCUT2D eigenvalue weighted by molar-refractivity contribution is 0.0732. The first-order valence-electron chi connectivity index (χ1n) is 8.70. The number of esters is 1. The van der Waals surface area contributed by atoms with Crippen LogP contribution < -0.4 is 4.74 Å². The van der Waals surface area contributed by atoms with E-state index in [0.29, 0.717) is 11.3 Å². The molecule has 3 aromatic carbocycles. The van der Waals surface area contributed by atoms with Gasteiger partial charge >= 0.3 is 5.97 Å². The smallest absolute Gasteiger partial charge is 0.343 e. The quantitative estimate of drug-likeness (QED) is 0.270. The fourth-order valence-electron chi connectivity index (χ4n) is 2.67. The number of aryl methyl sites for hydroxylation is 2. The summed E-state index contributed by atoms with van der Waals surface area (Å²) in [4.78, 5) is 13.7. The molecule has 0 N–H and O–H groups in total. The van der Waals surface area contributed by atoms with Crippen LogP contribution in [0.25, 0.3) is 0 Å². The second-order valence-corrected chi connectivity index (χ2v) is 7.97. The van der Waals surface area contributed by atoms with E-state index in [-0.39, 0.29) is 5.97 Å². The summed E-state index contributed by atoms with van der Waals surface area (Å²) in [6.45, 7) is 5.94. The largest absolute Gasteiger partial charge is 0.422 e. The first-order valence-corrected chi connectivity index (χ1v) is 10.1. The zero-order chi connectivity index (χ0) is 19.4. The van der Waals surface area contributed by atoms with E-state index in [4.69, 9.17) is 16.3 Å². The third-order valence-electron chi connectivity index (χ3n) is 4.48. The van der Waals surface area contributed by atoms with Crippen LogP contribution in [0.5, 0.6) is 5.75 Å². The van der Waals surface area contributed by atoms with Gasteiger partial charge in [0.05, 0.1) is 5.56 Å². The highest BCUT2D eigenvalue weighted by Gasteiger charge is 2.13. The fourth-order valence-corrected chi connectivity index (χ4v) is 3.65. The summed E-state index contributed by atoms with van der Waals surface area (Å²) in [5.74, 6) is 1.15. The van der Waals surface area contributed by atoms with Gasteiger partial charge < -0.3 is 4.74 Å². The Balaban J connectivity index is 1.65. The second kappa shape index (κ2) is 8.64. The van der Waals surface area contributed by atoms with Crippen molar-refractivity contribution in [2.75, 3.05) is 0 Å². The molecule has 0 saturated carbocycles. The number of carbonyl (C=O) groups is 1. The topological polar surface area (TPSA) is 26.3 Å². The molecule has 0 aromatic heterocycles. The molecule has 0 aliphatic carbocycles. The van der Waals surface area contributed by atoms with Crippen LogP contribution in [-0.2, 0) is 5.75 Å². The highest BCUT2D eigenvalue weighted by molar-refractivity contribution is 7.98. The molecule has 27 heavy (non-hydrogen) atoms. The standard InChI is InChI=1S/C23H21ClO2S/c1-15-4-5-16(2)22(17(15)3)26-23(25)19-8-6-18(7-9-19)14-27-21-12-10-20(24)11-13-21/h4-13H,14H2,1-3H3.